The largest absolute Gasteiger partial charge is 0.344 e. The molecular weight excluding hydrogens is 254 g/mol. The minimum atomic E-state index is -0.982. The third-order valence-corrected chi connectivity index (χ3v) is 3.65. The molecule has 0 spiro atoms. The van der Waals surface area contributed by atoms with Crippen molar-refractivity contribution >= 4 is 22.6 Å². The number of nitrogens with one attached hydrogen (secondary N) is 2. The van der Waals surface area contributed by atoms with E-state index in [0.29, 0.717) is 25.4 Å². The van der Waals surface area contributed by atoms with Gasteiger partial charge in [0, 0.05) is 48.5 Å². The molecule has 0 radical (unpaired) electrons. The van der Waals surface area contributed by atoms with Crippen LogP contribution in [0, 0.1) is 0 Å². The number of hydrogen-bond acceptors (Lipinski definition) is 4. The van der Waals surface area contributed by atoms with Crippen LogP contribution < -0.4 is 10.6 Å². The Morgan fingerprint density at radius 2 is 2.11 bits per heavy atom. The van der Waals surface area contributed by atoms with Gasteiger partial charge in [-0.2, -0.15) is 0 Å². The first-order valence-electron chi connectivity index (χ1n) is 6.11. The molecule has 0 aromatic heterocycles. The van der Waals surface area contributed by atoms with Crippen LogP contribution in [0.5, 0.6) is 0 Å². The van der Waals surface area contributed by atoms with Crippen LogP contribution >= 0.6 is 0 Å². The molecule has 2 amide bonds. The van der Waals surface area contributed by atoms with E-state index in [1.807, 2.05) is 0 Å². The molecule has 2 atom stereocenters. The average molecular weight is 275 g/mol. The predicted molar refractivity (Wildman–Crippen MR) is 70.6 cm³/mol. The van der Waals surface area contributed by atoms with Crippen LogP contribution in [-0.4, -0.2) is 65.2 Å². The van der Waals surface area contributed by atoms with E-state index < -0.39 is 22.6 Å². The first-order valence-corrected chi connectivity index (χ1v) is 7.84. The number of hydrogen-bond donors (Lipinski definition) is 2. The lowest BCUT2D eigenvalue weighted by Crippen LogP contribution is -2.47. The highest BCUT2D eigenvalue weighted by Crippen LogP contribution is 1.97. The van der Waals surface area contributed by atoms with Gasteiger partial charge in [-0.3, -0.25) is 13.8 Å². The molecule has 1 fully saturated rings. The molecule has 0 saturated carbocycles. The van der Waals surface area contributed by atoms with Crippen LogP contribution in [-0.2, 0) is 20.4 Å². The molecule has 2 unspecified atom stereocenters. The topological polar surface area (TPSA) is 78.5 Å². The summed E-state index contributed by atoms with van der Waals surface area (Å²) in [5.41, 5.74) is 0. The Bertz CT molecular complexity index is 327. The van der Waals surface area contributed by atoms with Gasteiger partial charge in [-0.25, -0.2) is 0 Å². The summed E-state index contributed by atoms with van der Waals surface area (Å²) in [7, 11) is -0.982. The Morgan fingerprint density at radius 3 is 2.78 bits per heavy atom. The summed E-state index contributed by atoms with van der Waals surface area (Å²) in [6, 6.07) is -0.252. The van der Waals surface area contributed by atoms with Gasteiger partial charge in [0.2, 0.25) is 0 Å². The molecule has 0 bridgehead atoms. The molecule has 104 valence electrons. The second-order valence-corrected chi connectivity index (χ2v) is 5.99. The minimum Gasteiger partial charge on any atom is -0.344 e. The fourth-order valence-electron chi connectivity index (χ4n) is 1.87. The highest BCUT2D eigenvalue weighted by Gasteiger charge is 2.23. The van der Waals surface area contributed by atoms with E-state index in [1.54, 1.807) is 18.1 Å². The van der Waals surface area contributed by atoms with E-state index in [2.05, 4.69) is 10.6 Å². The van der Waals surface area contributed by atoms with Crippen molar-refractivity contribution in [3.63, 3.8) is 0 Å². The summed E-state index contributed by atoms with van der Waals surface area (Å²) < 4.78 is 11.0. The fraction of sp³-hybridized carbons (Fsp3) is 0.818. The van der Waals surface area contributed by atoms with E-state index in [-0.39, 0.29) is 6.04 Å². The number of rotatable bonds is 3. The standard InChI is InChI=1S/C11H21N3O3S/c1-9(8-18(2)17)13-10(15)11(16)14-6-3-4-12-5-7-14/h9,12H,3-8H2,1-2H3,(H,13,15). The first kappa shape index (κ1) is 15.1. The Hall–Kier alpha value is -0.950. The summed E-state index contributed by atoms with van der Waals surface area (Å²) in [5, 5.41) is 5.76. The second-order valence-electron chi connectivity index (χ2n) is 4.51. The molecule has 0 aromatic carbocycles. The zero-order valence-corrected chi connectivity index (χ0v) is 11.7. The van der Waals surface area contributed by atoms with Gasteiger partial charge in [-0.05, 0) is 19.9 Å². The van der Waals surface area contributed by atoms with Crippen LogP contribution in [0.3, 0.4) is 0 Å². The highest BCUT2D eigenvalue weighted by atomic mass is 32.2. The third kappa shape index (κ3) is 5.14. The van der Waals surface area contributed by atoms with Crippen molar-refractivity contribution in [3.8, 4) is 0 Å². The quantitative estimate of drug-likeness (QED) is 0.627. The summed E-state index contributed by atoms with van der Waals surface area (Å²) in [5.74, 6) is -0.733. The molecule has 2 N–H and O–H groups in total. The van der Waals surface area contributed by atoms with E-state index in [4.69, 9.17) is 0 Å². The number of carbonyl (C=O) groups excluding carboxylic acids is 2. The van der Waals surface area contributed by atoms with Gasteiger partial charge in [-0.15, -0.1) is 0 Å². The van der Waals surface area contributed by atoms with Crippen molar-refractivity contribution in [2.24, 2.45) is 0 Å². The Labute approximate surface area is 110 Å². The van der Waals surface area contributed by atoms with Crippen LogP contribution in [0.2, 0.25) is 0 Å². The van der Waals surface area contributed by atoms with Crippen LogP contribution in [0.4, 0.5) is 0 Å². The number of nitrogens with zero attached hydrogens (tertiary/aromatic N) is 1. The van der Waals surface area contributed by atoms with E-state index >= 15 is 0 Å². The van der Waals surface area contributed by atoms with E-state index in [9.17, 15) is 13.8 Å². The van der Waals surface area contributed by atoms with Gasteiger partial charge < -0.3 is 15.5 Å². The van der Waals surface area contributed by atoms with Crippen molar-refractivity contribution in [2.45, 2.75) is 19.4 Å². The zero-order chi connectivity index (χ0) is 13.5. The minimum absolute atomic E-state index is 0.252. The molecule has 0 aromatic rings. The average Bonchev–Trinajstić information content (AvgIpc) is 2.55. The van der Waals surface area contributed by atoms with Crippen LogP contribution in [0.15, 0.2) is 0 Å². The van der Waals surface area contributed by atoms with Gasteiger partial charge in [0.25, 0.3) is 0 Å². The molecule has 1 heterocycles. The van der Waals surface area contributed by atoms with Gasteiger partial charge >= 0.3 is 11.8 Å². The molecule has 1 aliphatic rings. The normalized spacial score (nSPS) is 19.8. The third-order valence-electron chi connectivity index (χ3n) is 2.68. The summed E-state index contributed by atoms with van der Waals surface area (Å²) in [6.07, 6.45) is 2.43. The summed E-state index contributed by atoms with van der Waals surface area (Å²) in [6.45, 7) is 4.49. The maximum absolute atomic E-state index is 11.9. The van der Waals surface area contributed by atoms with Gasteiger partial charge in [0.1, 0.15) is 0 Å². The molecule has 18 heavy (non-hydrogen) atoms. The summed E-state index contributed by atoms with van der Waals surface area (Å²) >= 11 is 0. The number of carbonyl (C=O) groups is 2. The molecule has 6 nitrogen and oxygen atoms in total. The molecule has 1 aliphatic heterocycles. The molecule has 1 rings (SSSR count). The fourth-order valence-corrected chi connectivity index (χ4v) is 2.66. The smallest absolute Gasteiger partial charge is 0.311 e. The van der Waals surface area contributed by atoms with Gasteiger partial charge in [-0.1, -0.05) is 0 Å². The molecule has 0 aliphatic carbocycles. The molecule has 1 saturated heterocycles. The van der Waals surface area contributed by atoms with Crippen molar-refractivity contribution < 1.29 is 13.8 Å². The van der Waals surface area contributed by atoms with E-state index in [0.717, 1.165) is 13.0 Å². The molecule has 7 heteroatoms. The zero-order valence-electron chi connectivity index (χ0n) is 10.9. The van der Waals surface area contributed by atoms with Crippen molar-refractivity contribution in [1.82, 2.24) is 15.5 Å². The lowest BCUT2D eigenvalue weighted by atomic mass is 10.3. The Kier molecular flexibility index (Phi) is 6.28. The van der Waals surface area contributed by atoms with Crippen molar-refractivity contribution in [3.05, 3.63) is 0 Å². The van der Waals surface area contributed by atoms with Crippen molar-refractivity contribution in [2.75, 3.05) is 38.2 Å². The molecular formula is C11H21N3O3S. The monoisotopic (exact) mass is 275 g/mol. The maximum atomic E-state index is 11.9. The highest BCUT2D eigenvalue weighted by molar-refractivity contribution is 7.84. The van der Waals surface area contributed by atoms with Crippen LogP contribution in [0.25, 0.3) is 0 Å². The Balaban J connectivity index is 2.44. The SMILES string of the molecule is CC(CS(C)=O)NC(=O)C(=O)N1CCCNCC1. The summed E-state index contributed by atoms with van der Waals surface area (Å²) in [4.78, 5) is 25.2. The van der Waals surface area contributed by atoms with E-state index in [1.165, 1.54) is 0 Å². The first-order chi connectivity index (χ1) is 8.50. The van der Waals surface area contributed by atoms with Gasteiger partial charge in [0.15, 0.2) is 0 Å². The Morgan fingerprint density at radius 1 is 1.39 bits per heavy atom. The predicted octanol–water partition coefficient (Wildman–Crippen LogP) is -1.31. The number of amides is 2. The lowest BCUT2D eigenvalue weighted by molar-refractivity contribution is -0.146. The van der Waals surface area contributed by atoms with Crippen LogP contribution in [0.1, 0.15) is 13.3 Å². The second kappa shape index (κ2) is 7.48. The lowest BCUT2D eigenvalue weighted by Gasteiger charge is -2.20. The van der Waals surface area contributed by atoms with Crippen molar-refractivity contribution in [1.29, 1.82) is 0 Å². The maximum Gasteiger partial charge on any atom is 0.311 e. The van der Waals surface area contributed by atoms with Gasteiger partial charge in [0.05, 0.1) is 0 Å².